The monoisotopic (exact) mass is 239 g/mol. The fraction of sp³-hybridized carbons (Fsp3) is 0.929. The van der Waals surface area contributed by atoms with Crippen LogP contribution in [0.2, 0.25) is 0 Å². The number of aliphatic hydroxyl groups excluding tert-OH is 1. The SMILES string of the molecule is CC1CCN(C(=O)C2CCCCC2CO)CC1. The molecule has 3 nitrogen and oxygen atoms in total. The molecule has 1 N–H and O–H groups in total. The highest BCUT2D eigenvalue weighted by molar-refractivity contribution is 5.79. The first-order valence-corrected chi connectivity index (χ1v) is 7.12. The van der Waals surface area contributed by atoms with E-state index in [4.69, 9.17) is 0 Å². The minimum atomic E-state index is 0.0992. The van der Waals surface area contributed by atoms with E-state index in [9.17, 15) is 9.90 Å². The van der Waals surface area contributed by atoms with Crippen LogP contribution < -0.4 is 0 Å². The Morgan fingerprint density at radius 2 is 1.82 bits per heavy atom. The normalized spacial score (nSPS) is 31.5. The topological polar surface area (TPSA) is 40.5 Å². The van der Waals surface area contributed by atoms with Crippen LogP contribution in [0, 0.1) is 17.8 Å². The van der Waals surface area contributed by atoms with Gasteiger partial charge in [-0.15, -0.1) is 0 Å². The second kappa shape index (κ2) is 5.85. The predicted octanol–water partition coefficient (Wildman–Crippen LogP) is 2.04. The lowest BCUT2D eigenvalue weighted by Gasteiger charge is -2.37. The van der Waals surface area contributed by atoms with Crippen molar-refractivity contribution in [2.75, 3.05) is 19.7 Å². The van der Waals surface area contributed by atoms with Gasteiger partial charge in [-0.05, 0) is 37.5 Å². The largest absolute Gasteiger partial charge is 0.396 e. The van der Waals surface area contributed by atoms with E-state index >= 15 is 0 Å². The average Bonchev–Trinajstić information content (AvgIpc) is 2.39. The quantitative estimate of drug-likeness (QED) is 0.801. The molecule has 2 unspecified atom stereocenters. The molecule has 0 aromatic heterocycles. The molecule has 2 aliphatic rings. The van der Waals surface area contributed by atoms with Crippen LogP contribution in [0.3, 0.4) is 0 Å². The van der Waals surface area contributed by atoms with E-state index in [1.54, 1.807) is 0 Å². The van der Waals surface area contributed by atoms with Crippen molar-refractivity contribution in [1.82, 2.24) is 4.90 Å². The molecule has 1 aliphatic heterocycles. The van der Waals surface area contributed by atoms with Crippen LogP contribution in [0.5, 0.6) is 0 Å². The summed E-state index contributed by atoms with van der Waals surface area (Å²) in [5.41, 5.74) is 0. The lowest BCUT2D eigenvalue weighted by molar-refractivity contribution is -0.140. The molecule has 0 spiro atoms. The molecule has 0 aromatic carbocycles. The number of likely N-dealkylation sites (tertiary alicyclic amines) is 1. The summed E-state index contributed by atoms with van der Waals surface area (Å²) in [6.07, 6.45) is 6.61. The van der Waals surface area contributed by atoms with Gasteiger partial charge in [-0.1, -0.05) is 19.8 Å². The Labute approximate surface area is 104 Å². The summed E-state index contributed by atoms with van der Waals surface area (Å²) >= 11 is 0. The molecule has 2 rings (SSSR count). The maximum Gasteiger partial charge on any atom is 0.226 e. The van der Waals surface area contributed by atoms with E-state index in [1.807, 2.05) is 4.90 Å². The molecular formula is C14H25NO2. The van der Waals surface area contributed by atoms with Crippen LogP contribution >= 0.6 is 0 Å². The highest BCUT2D eigenvalue weighted by Gasteiger charge is 2.34. The Kier molecular flexibility index (Phi) is 4.43. The van der Waals surface area contributed by atoms with Crippen molar-refractivity contribution in [2.24, 2.45) is 17.8 Å². The highest BCUT2D eigenvalue weighted by Crippen LogP contribution is 2.32. The van der Waals surface area contributed by atoms with Gasteiger partial charge >= 0.3 is 0 Å². The molecule has 1 aliphatic carbocycles. The van der Waals surface area contributed by atoms with Crippen molar-refractivity contribution in [3.8, 4) is 0 Å². The summed E-state index contributed by atoms with van der Waals surface area (Å²) in [7, 11) is 0. The maximum absolute atomic E-state index is 12.4. The van der Waals surface area contributed by atoms with Crippen LogP contribution in [0.1, 0.15) is 45.4 Å². The van der Waals surface area contributed by atoms with Crippen molar-refractivity contribution in [2.45, 2.75) is 45.4 Å². The van der Waals surface area contributed by atoms with E-state index < -0.39 is 0 Å². The van der Waals surface area contributed by atoms with Crippen LogP contribution in [-0.2, 0) is 4.79 Å². The van der Waals surface area contributed by atoms with E-state index in [2.05, 4.69) is 6.92 Å². The third kappa shape index (κ3) is 3.01. The molecule has 98 valence electrons. The van der Waals surface area contributed by atoms with Gasteiger partial charge in [-0.25, -0.2) is 0 Å². The van der Waals surface area contributed by atoms with Gasteiger partial charge in [-0.3, -0.25) is 4.79 Å². The summed E-state index contributed by atoms with van der Waals surface area (Å²) in [5, 5.41) is 9.38. The lowest BCUT2D eigenvalue weighted by Crippen LogP contribution is -2.44. The van der Waals surface area contributed by atoms with Crippen molar-refractivity contribution in [3.05, 3.63) is 0 Å². The number of carbonyl (C=O) groups excluding carboxylic acids is 1. The molecule has 2 fully saturated rings. The molecule has 0 bridgehead atoms. The Hall–Kier alpha value is -0.570. The van der Waals surface area contributed by atoms with Gasteiger partial charge in [0.1, 0.15) is 0 Å². The molecular weight excluding hydrogens is 214 g/mol. The van der Waals surface area contributed by atoms with Gasteiger partial charge in [0, 0.05) is 25.6 Å². The maximum atomic E-state index is 12.4. The van der Waals surface area contributed by atoms with Crippen LogP contribution in [-0.4, -0.2) is 35.6 Å². The Bertz CT molecular complexity index is 259. The first-order chi connectivity index (χ1) is 8.22. The minimum absolute atomic E-state index is 0.0992. The first kappa shape index (κ1) is 12.9. The number of hydrogen-bond acceptors (Lipinski definition) is 2. The summed E-state index contributed by atoms with van der Waals surface area (Å²) in [4.78, 5) is 14.5. The molecule has 3 heteroatoms. The van der Waals surface area contributed by atoms with Crippen LogP contribution in [0.4, 0.5) is 0 Å². The first-order valence-electron chi connectivity index (χ1n) is 7.12. The van der Waals surface area contributed by atoms with Gasteiger partial charge in [-0.2, -0.15) is 0 Å². The summed E-state index contributed by atoms with van der Waals surface area (Å²) in [5.74, 6) is 1.40. The van der Waals surface area contributed by atoms with E-state index in [0.717, 1.165) is 51.1 Å². The fourth-order valence-electron chi connectivity index (χ4n) is 3.21. The third-order valence-corrected chi connectivity index (χ3v) is 4.56. The number of piperidine rings is 1. The minimum Gasteiger partial charge on any atom is -0.396 e. The van der Waals surface area contributed by atoms with Crippen molar-refractivity contribution in [1.29, 1.82) is 0 Å². The molecule has 1 heterocycles. The average molecular weight is 239 g/mol. The van der Waals surface area contributed by atoms with Gasteiger partial charge in [0.2, 0.25) is 5.91 Å². The van der Waals surface area contributed by atoms with Gasteiger partial charge in [0.25, 0.3) is 0 Å². The zero-order chi connectivity index (χ0) is 12.3. The fourth-order valence-corrected chi connectivity index (χ4v) is 3.21. The molecule has 1 amide bonds. The van der Waals surface area contributed by atoms with Crippen molar-refractivity contribution in [3.63, 3.8) is 0 Å². The molecule has 0 radical (unpaired) electrons. The zero-order valence-corrected chi connectivity index (χ0v) is 10.9. The Balaban J connectivity index is 1.93. The van der Waals surface area contributed by atoms with E-state index in [1.165, 1.54) is 6.42 Å². The second-order valence-corrected chi connectivity index (χ2v) is 5.84. The smallest absolute Gasteiger partial charge is 0.226 e. The molecule has 1 saturated carbocycles. The number of aliphatic hydroxyl groups is 1. The summed E-state index contributed by atoms with van der Waals surface area (Å²) in [6, 6.07) is 0. The van der Waals surface area contributed by atoms with Gasteiger partial charge < -0.3 is 10.0 Å². The molecule has 0 aromatic rings. The highest BCUT2D eigenvalue weighted by atomic mass is 16.3. The van der Waals surface area contributed by atoms with Crippen LogP contribution in [0.25, 0.3) is 0 Å². The Morgan fingerprint density at radius 3 is 2.47 bits per heavy atom. The van der Waals surface area contributed by atoms with E-state index in [-0.39, 0.29) is 18.4 Å². The predicted molar refractivity (Wildman–Crippen MR) is 67.5 cm³/mol. The summed E-state index contributed by atoms with van der Waals surface area (Å²) in [6.45, 7) is 4.29. The van der Waals surface area contributed by atoms with Gasteiger partial charge in [0.05, 0.1) is 0 Å². The summed E-state index contributed by atoms with van der Waals surface area (Å²) < 4.78 is 0. The van der Waals surface area contributed by atoms with E-state index in [0.29, 0.717) is 5.91 Å². The zero-order valence-electron chi connectivity index (χ0n) is 10.9. The number of nitrogens with zero attached hydrogens (tertiary/aromatic N) is 1. The third-order valence-electron chi connectivity index (χ3n) is 4.56. The van der Waals surface area contributed by atoms with Crippen LogP contribution in [0.15, 0.2) is 0 Å². The number of carbonyl (C=O) groups is 1. The standard InChI is InChI=1S/C14H25NO2/c1-11-6-8-15(9-7-11)14(17)13-5-3-2-4-12(13)10-16/h11-13,16H,2-10H2,1H3. The van der Waals surface area contributed by atoms with Crippen molar-refractivity contribution < 1.29 is 9.90 Å². The lowest BCUT2D eigenvalue weighted by atomic mass is 9.78. The van der Waals surface area contributed by atoms with Crippen molar-refractivity contribution >= 4 is 5.91 Å². The molecule has 17 heavy (non-hydrogen) atoms. The number of amides is 1. The molecule has 1 saturated heterocycles. The second-order valence-electron chi connectivity index (χ2n) is 5.84. The molecule has 2 atom stereocenters. The number of rotatable bonds is 2. The van der Waals surface area contributed by atoms with Gasteiger partial charge in [0.15, 0.2) is 0 Å². The number of hydrogen-bond donors (Lipinski definition) is 1. The Morgan fingerprint density at radius 1 is 1.18 bits per heavy atom.